The maximum Gasteiger partial charge on any atom is 0.230 e. The molecule has 1 saturated carbocycles. The lowest BCUT2D eigenvalue weighted by atomic mass is 9.79. The van der Waals surface area contributed by atoms with Gasteiger partial charge in [0.1, 0.15) is 0 Å². The molecule has 2 fully saturated rings. The Labute approximate surface area is 156 Å². The van der Waals surface area contributed by atoms with Crippen LogP contribution in [0.15, 0.2) is 22.4 Å². The molecule has 1 unspecified atom stereocenters. The highest BCUT2D eigenvalue weighted by atomic mass is 16.5. The van der Waals surface area contributed by atoms with Gasteiger partial charge in [0.05, 0.1) is 13.2 Å². The van der Waals surface area contributed by atoms with Crippen LogP contribution in [0.3, 0.4) is 0 Å². The van der Waals surface area contributed by atoms with Crippen LogP contribution in [0.4, 0.5) is 5.95 Å². The smallest absolute Gasteiger partial charge is 0.230 e. The zero-order chi connectivity index (χ0) is 18.4. The third kappa shape index (κ3) is 5.38. The molecule has 1 aromatic rings. The second-order valence-corrected chi connectivity index (χ2v) is 7.60. The van der Waals surface area contributed by atoms with Crippen molar-refractivity contribution in [2.75, 3.05) is 26.3 Å². The first-order chi connectivity index (χ1) is 12.6. The van der Waals surface area contributed by atoms with Crippen molar-refractivity contribution in [2.45, 2.75) is 52.0 Å². The molecule has 0 spiro atoms. The maximum absolute atomic E-state index is 5.92. The number of guanidine groups is 1. The normalized spacial score (nSPS) is 27.5. The number of morpholine rings is 1. The van der Waals surface area contributed by atoms with Crippen LogP contribution in [0.5, 0.6) is 0 Å². The quantitative estimate of drug-likeness (QED) is 0.624. The van der Waals surface area contributed by atoms with E-state index in [0.717, 1.165) is 44.0 Å². The predicted octanol–water partition coefficient (Wildman–Crippen LogP) is 2.73. The van der Waals surface area contributed by atoms with Gasteiger partial charge in [0.15, 0.2) is 0 Å². The molecule has 26 heavy (non-hydrogen) atoms. The lowest BCUT2D eigenvalue weighted by molar-refractivity contribution is 0.00439. The van der Waals surface area contributed by atoms with Crippen LogP contribution in [0.1, 0.15) is 46.0 Å². The second kappa shape index (κ2) is 9.28. The van der Waals surface area contributed by atoms with Crippen LogP contribution < -0.4 is 5.73 Å². The number of aliphatic imine (C=N–C) groups is 2. The topological polar surface area (TPSA) is 91.9 Å². The molecule has 0 radical (unpaired) electrons. The molecule has 0 bridgehead atoms. The standard InChI is InChI=1S/C19H32N6O/c1-14(15(2)23-18(20)24-19-21-7-8-22-19)13-16-3-5-17(6-4-16)25-9-11-26-12-10-25/h7-8,14,16-17H,3-6,9-13H2,1-2H3,(H3,20,21,22,24). The number of nitrogens with one attached hydrogen (secondary N) is 1. The Bertz CT molecular complexity index is 598. The number of imidazole rings is 1. The van der Waals surface area contributed by atoms with Crippen molar-refractivity contribution in [3.63, 3.8) is 0 Å². The van der Waals surface area contributed by atoms with Crippen LogP contribution in [0.2, 0.25) is 0 Å². The SMILES string of the molecule is CC(=NC(N)=Nc1ncc[nH]1)C(C)CC1CCC(N2CCOCC2)CC1. The van der Waals surface area contributed by atoms with Crippen molar-refractivity contribution >= 4 is 17.6 Å². The molecule has 2 heterocycles. The van der Waals surface area contributed by atoms with E-state index in [2.05, 4.69) is 38.7 Å². The fourth-order valence-corrected chi connectivity index (χ4v) is 4.10. The average molecular weight is 361 g/mol. The van der Waals surface area contributed by atoms with Gasteiger partial charge in [-0.05, 0) is 50.9 Å². The van der Waals surface area contributed by atoms with Gasteiger partial charge in [0.25, 0.3) is 0 Å². The van der Waals surface area contributed by atoms with E-state index in [1.165, 1.54) is 32.1 Å². The minimum absolute atomic E-state index is 0.264. The summed E-state index contributed by atoms with van der Waals surface area (Å²) in [6.07, 6.45) is 9.81. The van der Waals surface area contributed by atoms with E-state index in [4.69, 9.17) is 10.5 Å². The Morgan fingerprint density at radius 1 is 1.35 bits per heavy atom. The van der Waals surface area contributed by atoms with Gasteiger partial charge in [-0.2, -0.15) is 4.99 Å². The first kappa shape index (κ1) is 19.0. The van der Waals surface area contributed by atoms with Gasteiger partial charge in [-0.15, -0.1) is 0 Å². The number of aromatic nitrogens is 2. The van der Waals surface area contributed by atoms with Gasteiger partial charge in [0, 0.05) is 37.2 Å². The Balaban J connectivity index is 1.45. The Morgan fingerprint density at radius 2 is 2.08 bits per heavy atom. The molecule has 0 amide bonds. The fourth-order valence-electron chi connectivity index (χ4n) is 4.10. The number of hydrogen-bond acceptors (Lipinski definition) is 4. The molecular weight excluding hydrogens is 328 g/mol. The van der Waals surface area contributed by atoms with Gasteiger partial charge >= 0.3 is 0 Å². The highest BCUT2D eigenvalue weighted by Gasteiger charge is 2.27. The van der Waals surface area contributed by atoms with Crippen LogP contribution in [0, 0.1) is 11.8 Å². The number of nitrogens with two attached hydrogens (primary N) is 1. The van der Waals surface area contributed by atoms with E-state index in [-0.39, 0.29) is 5.96 Å². The summed E-state index contributed by atoms with van der Waals surface area (Å²) in [6.45, 7) is 8.29. The molecule has 0 aromatic carbocycles. The lowest BCUT2D eigenvalue weighted by Gasteiger charge is -2.39. The molecule has 1 aromatic heterocycles. The molecule has 7 heteroatoms. The second-order valence-electron chi connectivity index (χ2n) is 7.60. The molecule has 1 saturated heterocycles. The van der Waals surface area contributed by atoms with Crippen molar-refractivity contribution < 1.29 is 4.74 Å². The Morgan fingerprint density at radius 3 is 2.73 bits per heavy atom. The third-order valence-corrected chi connectivity index (χ3v) is 5.77. The summed E-state index contributed by atoms with van der Waals surface area (Å²) >= 11 is 0. The molecule has 1 aliphatic heterocycles. The lowest BCUT2D eigenvalue weighted by Crippen LogP contribution is -2.45. The van der Waals surface area contributed by atoms with Crippen LogP contribution in [0.25, 0.3) is 0 Å². The van der Waals surface area contributed by atoms with Crippen molar-refractivity contribution in [3.05, 3.63) is 12.4 Å². The minimum atomic E-state index is 0.264. The summed E-state index contributed by atoms with van der Waals surface area (Å²) in [5.74, 6) is 1.97. The van der Waals surface area contributed by atoms with E-state index in [9.17, 15) is 0 Å². The Kier molecular flexibility index (Phi) is 6.80. The molecule has 144 valence electrons. The van der Waals surface area contributed by atoms with Crippen molar-refractivity contribution in [3.8, 4) is 0 Å². The van der Waals surface area contributed by atoms with Gasteiger partial charge in [-0.1, -0.05) is 6.92 Å². The summed E-state index contributed by atoms with van der Waals surface area (Å²) in [5, 5.41) is 0. The highest BCUT2D eigenvalue weighted by Crippen LogP contribution is 2.32. The first-order valence-electron chi connectivity index (χ1n) is 9.82. The fraction of sp³-hybridized carbons (Fsp3) is 0.737. The Hall–Kier alpha value is -1.73. The molecule has 7 nitrogen and oxygen atoms in total. The molecule has 1 atom stereocenters. The summed E-state index contributed by atoms with van der Waals surface area (Å²) < 4.78 is 5.47. The maximum atomic E-state index is 5.92. The summed E-state index contributed by atoms with van der Waals surface area (Å²) in [6, 6.07) is 0.760. The molecule has 3 N–H and O–H groups in total. The average Bonchev–Trinajstić information content (AvgIpc) is 3.16. The van der Waals surface area contributed by atoms with E-state index >= 15 is 0 Å². The van der Waals surface area contributed by atoms with E-state index in [1.54, 1.807) is 12.4 Å². The molecule has 3 rings (SSSR count). The highest BCUT2D eigenvalue weighted by molar-refractivity contribution is 5.96. The molecule has 2 aliphatic rings. The van der Waals surface area contributed by atoms with Gasteiger partial charge in [-0.3, -0.25) is 4.90 Å². The van der Waals surface area contributed by atoms with Crippen molar-refractivity contribution in [1.82, 2.24) is 14.9 Å². The van der Waals surface area contributed by atoms with E-state index in [0.29, 0.717) is 11.9 Å². The summed E-state index contributed by atoms with van der Waals surface area (Å²) in [4.78, 5) is 18.2. The minimum Gasteiger partial charge on any atom is -0.379 e. The van der Waals surface area contributed by atoms with Gasteiger partial charge in [0.2, 0.25) is 11.9 Å². The third-order valence-electron chi connectivity index (χ3n) is 5.77. The largest absolute Gasteiger partial charge is 0.379 e. The zero-order valence-corrected chi connectivity index (χ0v) is 16.0. The molecule has 1 aliphatic carbocycles. The van der Waals surface area contributed by atoms with Crippen molar-refractivity contribution in [2.24, 2.45) is 27.6 Å². The summed E-state index contributed by atoms with van der Waals surface area (Å²) in [5.41, 5.74) is 6.97. The van der Waals surface area contributed by atoms with Crippen LogP contribution in [-0.2, 0) is 4.74 Å². The molecular formula is C19H32N6O. The van der Waals surface area contributed by atoms with Crippen LogP contribution in [-0.4, -0.2) is 58.9 Å². The van der Waals surface area contributed by atoms with E-state index in [1.807, 2.05) is 0 Å². The van der Waals surface area contributed by atoms with Crippen molar-refractivity contribution in [1.29, 1.82) is 0 Å². The van der Waals surface area contributed by atoms with Gasteiger partial charge < -0.3 is 15.5 Å². The number of nitrogens with zero attached hydrogens (tertiary/aromatic N) is 4. The zero-order valence-electron chi connectivity index (χ0n) is 16.0. The monoisotopic (exact) mass is 360 g/mol. The number of hydrogen-bond donors (Lipinski definition) is 2. The van der Waals surface area contributed by atoms with Gasteiger partial charge in [-0.25, -0.2) is 9.98 Å². The number of ether oxygens (including phenoxy) is 1. The number of H-pyrrole nitrogens is 1. The number of rotatable bonds is 5. The first-order valence-corrected chi connectivity index (χ1v) is 9.82. The predicted molar refractivity (Wildman–Crippen MR) is 105 cm³/mol. The van der Waals surface area contributed by atoms with E-state index < -0.39 is 0 Å². The number of aromatic amines is 1. The van der Waals surface area contributed by atoms with Crippen LogP contribution >= 0.6 is 0 Å². The summed E-state index contributed by atoms with van der Waals surface area (Å²) in [7, 11) is 0.